The second-order valence-electron chi connectivity index (χ2n) is 7.64. The summed E-state index contributed by atoms with van der Waals surface area (Å²) in [5, 5.41) is 11.1. The van der Waals surface area contributed by atoms with Gasteiger partial charge in [-0.25, -0.2) is 4.79 Å². The number of amides is 1. The van der Waals surface area contributed by atoms with Gasteiger partial charge in [-0.1, -0.05) is 6.07 Å². The van der Waals surface area contributed by atoms with Crippen LogP contribution in [0.2, 0.25) is 0 Å². The Labute approximate surface area is 153 Å². The number of benzene rings is 1. The summed E-state index contributed by atoms with van der Waals surface area (Å²) in [5.74, 6) is 0.894. The fraction of sp³-hybridized carbons (Fsp3) is 0.526. The molecule has 1 aromatic heterocycles. The molecule has 0 bridgehead atoms. The van der Waals surface area contributed by atoms with Gasteiger partial charge in [0.2, 0.25) is 12.3 Å². The zero-order valence-electron chi connectivity index (χ0n) is 15.6. The predicted octanol–water partition coefficient (Wildman–Crippen LogP) is 3.80. The summed E-state index contributed by atoms with van der Waals surface area (Å²) in [5.41, 5.74) is 1.42. The van der Waals surface area contributed by atoms with Crippen LogP contribution in [-0.2, 0) is 4.74 Å². The molecular weight excluding hydrogens is 332 g/mol. The normalized spacial score (nSPS) is 17.8. The van der Waals surface area contributed by atoms with Gasteiger partial charge in [0.25, 0.3) is 0 Å². The maximum atomic E-state index is 12.3. The topological polar surface area (TPSA) is 80.5 Å². The number of carbonyl (C=O) groups is 1. The Morgan fingerprint density at radius 2 is 2.27 bits per heavy atom. The van der Waals surface area contributed by atoms with Gasteiger partial charge in [-0.15, -0.1) is 10.2 Å². The number of nitrogens with zero attached hydrogens (tertiary/aromatic N) is 3. The van der Waals surface area contributed by atoms with Gasteiger partial charge in [-0.3, -0.25) is 0 Å². The number of hydrogen-bond donors (Lipinski definition) is 1. The summed E-state index contributed by atoms with van der Waals surface area (Å²) >= 11 is 0. The maximum absolute atomic E-state index is 12.3. The van der Waals surface area contributed by atoms with Crippen LogP contribution in [0.3, 0.4) is 0 Å². The molecular formula is C19H26N4O3. The first-order valence-electron chi connectivity index (χ1n) is 8.99. The molecule has 3 rings (SSSR count). The molecule has 1 fully saturated rings. The largest absolute Gasteiger partial charge is 0.444 e. The van der Waals surface area contributed by atoms with Crippen LogP contribution < -0.4 is 5.32 Å². The van der Waals surface area contributed by atoms with E-state index < -0.39 is 5.60 Å². The van der Waals surface area contributed by atoms with Crippen LogP contribution in [-0.4, -0.2) is 46.4 Å². The van der Waals surface area contributed by atoms with Crippen LogP contribution in [0, 0.1) is 5.92 Å². The molecule has 0 aliphatic carbocycles. The molecule has 7 heteroatoms. The smallest absolute Gasteiger partial charge is 0.410 e. The fourth-order valence-electron chi connectivity index (χ4n) is 3.05. The molecule has 0 spiro atoms. The van der Waals surface area contributed by atoms with E-state index in [4.69, 9.17) is 9.15 Å². The van der Waals surface area contributed by atoms with E-state index in [2.05, 4.69) is 15.5 Å². The van der Waals surface area contributed by atoms with Crippen molar-refractivity contribution in [1.29, 1.82) is 0 Å². The van der Waals surface area contributed by atoms with Gasteiger partial charge in [-0.2, -0.15) is 0 Å². The molecule has 0 unspecified atom stereocenters. The summed E-state index contributed by atoms with van der Waals surface area (Å²) in [6.07, 6.45) is 3.19. The third-order valence-corrected chi connectivity index (χ3v) is 4.24. The summed E-state index contributed by atoms with van der Waals surface area (Å²) in [7, 11) is 0. The van der Waals surface area contributed by atoms with Crippen LogP contribution in [0.1, 0.15) is 33.6 Å². The van der Waals surface area contributed by atoms with Crippen molar-refractivity contribution in [3.05, 3.63) is 30.7 Å². The highest BCUT2D eigenvalue weighted by Crippen LogP contribution is 2.23. The maximum Gasteiger partial charge on any atom is 0.410 e. The fourth-order valence-corrected chi connectivity index (χ4v) is 3.05. The Morgan fingerprint density at radius 1 is 1.42 bits per heavy atom. The van der Waals surface area contributed by atoms with Crippen LogP contribution in [0.4, 0.5) is 10.5 Å². The number of rotatable bonds is 4. The minimum absolute atomic E-state index is 0.222. The molecule has 1 atom stereocenters. The standard InChI is InChI=1S/C19H26N4O3/c1-19(2,3)26-18(24)23-9-5-6-14(12-23)11-20-16-8-4-7-15(10-16)17-22-21-13-25-17/h4,7-8,10,13-14,20H,5-6,9,11-12H2,1-3H3/t14-/m1/s1. The highest BCUT2D eigenvalue weighted by Gasteiger charge is 2.27. The van der Waals surface area contributed by atoms with E-state index in [1.807, 2.05) is 49.9 Å². The number of nitrogens with one attached hydrogen (secondary N) is 1. The van der Waals surface area contributed by atoms with E-state index in [0.29, 0.717) is 18.4 Å². The molecule has 7 nitrogen and oxygen atoms in total. The van der Waals surface area contributed by atoms with Gasteiger partial charge in [0, 0.05) is 30.9 Å². The predicted molar refractivity (Wildman–Crippen MR) is 98.8 cm³/mol. The van der Waals surface area contributed by atoms with Gasteiger partial charge >= 0.3 is 6.09 Å². The van der Waals surface area contributed by atoms with Crippen LogP contribution >= 0.6 is 0 Å². The molecule has 0 saturated carbocycles. The molecule has 2 heterocycles. The number of anilines is 1. The zero-order chi connectivity index (χ0) is 18.6. The molecule has 2 aromatic rings. The minimum Gasteiger partial charge on any atom is -0.444 e. The van der Waals surface area contributed by atoms with Gasteiger partial charge in [0.15, 0.2) is 0 Å². The lowest BCUT2D eigenvalue weighted by molar-refractivity contribution is 0.0172. The van der Waals surface area contributed by atoms with Crippen LogP contribution in [0.25, 0.3) is 11.5 Å². The van der Waals surface area contributed by atoms with Crippen molar-refractivity contribution in [3.63, 3.8) is 0 Å². The first-order valence-corrected chi connectivity index (χ1v) is 8.99. The summed E-state index contributed by atoms with van der Waals surface area (Å²) in [6, 6.07) is 7.88. The van der Waals surface area contributed by atoms with Crippen molar-refractivity contribution in [1.82, 2.24) is 15.1 Å². The molecule has 1 saturated heterocycles. The first-order chi connectivity index (χ1) is 12.4. The van der Waals surface area contributed by atoms with E-state index in [1.54, 1.807) is 0 Å². The number of aromatic nitrogens is 2. The number of hydrogen-bond acceptors (Lipinski definition) is 6. The number of piperidine rings is 1. The molecule has 1 N–H and O–H groups in total. The lowest BCUT2D eigenvalue weighted by Gasteiger charge is -2.34. The molecule has 140 valence electrons. The van der Waals surface area contributed by atoms with Gasteiger partial charge in [0.05, 0.1) is 0 Å². The average Bonchev–Trinajstić information content (AvgIpc) is 3.14. The van der Waals surface area contributed by atoms with Gasteiger partial charge in [-0.05, 0) is 57.7 Å². The van der Waals surface area contributed by atoms with Crippen molar-refractivity contribution < 1.29 is 13.9 Å². The van der Waals surface area contributed by atoms with E-state index in [1.165, 1.54) is 6.39 Å². The van der Waals surface area contributed by atoms with E-state index >= 15 is 0 Å². The number of ether oxygens (including phenoxy) is 1. The van der Waals surface area contributed by atoms with Crippen molar-refractivity contribution in [2.75, 3.05) is 25.0 Å². The monoisotopic (exact) mass is 358 g/mol. The van der Waals surface area contributed by atoms with Gasteiger partial charge in [0.1, 0.15) is 5.60 Å². The Balaban J connectivity index is 1.55. The molecule has 1 aromatic carbocycles. The molecule has 1 aliphatic rings. The third-order valence-electron chi connectivity index (χ3n) is 4.24. The average molecular weight is 358 g/mol. The lowest BCUT2D eigenvalue weighted by Crippen LogP contribution is -2.44. The third kappa shape index (κ3) is 4.97. The Hall–Kier alpha value is -2.57. The van der Waals surface area contributed by atoms with E-state index in [-0.39, 0.29) is 6.09 Å². The Bertz CT molecular complexity index is 725. The quantitative estimate of drug-likeness (QED) is 0.895. The molecule has 1 aliphatic heterocycles. The Kier molecular flexibility index (Phi) is 5.44. The molecule has 26 heavy (non-hydrogen) atoms. The van der Waals surface area contributed by atoms with Gasteiger partial charge < -0.3 is 19.4 Å². The van der Waals surface area contributed by atoms with Crippen molar-refractivity contribution in [2.24, 2.45) is 5.92 Å². The van der Waals surface area contributed by atoms with Crippen molar-refractivity contribution in [2.45, 2.75) is 39.2 Å². The van der Waals surface area contributed by atoms with Crippen molar-refractivity contribution in [3.8, 4) is 11.5 Å². The zero-order valence-corrected chi connectivity index (χ0v) is 15.6. The van der Waals surface area contributed by atoms with Crippen molar-refractivity contribution >= 4 is 11.8 Å². The SMILES string of the molecule is CC(C)(C)OC(=O)N1CCC[C@H](CNc2cccc(-c3nnco3)c2)C1. The molecule has 0 radical (unpaired) electrons. The van der Waals surface area contributed by atoms with Crippen LogP contribution in [0.5, 0.6) is 0 Å². The number of likely N-dealkylation sites (tertiary alicyclic amines) is 1. The minimum atomic E-state index is -0.461. The second kappa shape index (κ2) is 7.76. The highest BCUT2D eigenvalue weighted by atomic mass is 16.6. The second-order valence-corrected chi connectivity index (χ2v) is 7.64. The molecule has 1 amide bonds. The summed E-state index contributed by atoms with van der Waals surface area (Å²) in [6.45, 7) is 7.95. The highest BCUT2D eigenvalue weighted by molar-refractivity contribution is 5.68. The first kappa shape index (κ1) is 18.2. The number of carbonyl (C=O) groups excluding carboxylic acids is 1. The van der Waals surface area contributed by atoms with Crippen LogP contribution in [0.15, 0.2) is 35.1 Å². The lowest BCUT2D eigenvalue weighted by atomic mass is 9.98. The summed E-state index contributed by atoms with van der Waals surface area (Å²) < 4.78 is 10.7. The summed E-state index contributed by atoms with van der Waals surface area (Å²) in [4.78, 5) is 14.1. The van der Waals surface area contributed by atoms with E-state index in [9.17, 15) is 4.79 Å². The Morgan fingerprint density at radius 3 is 3.00 bits per heavy atom. The van der Waals surface area contributed by atoms with E-state index in [0.717, 1.165) is 37.2 Å².